The van der Waals surface area contributed by atoms with Gasteiger partial charge in [0.25, 0.3) is 0 Å². The Hall–Kier alpha value is -1.03. The highest BCUT2D eigenvalue weighted by atomic mass is 15.4. The lowest BCUT2D eigenvalue weighted by molar-refractivity contribution is -0.874. The molecular formula is C10H22N4+2. The Morgan fingerprint density at radius 2 is 2.07 bits per heavy atom. The number of likely N-dealkylation sites (N-methyl/N-ethyl adjacent to an activating group) is 1. The smallest absolute Gasteiger partial charge is 0.218 e. The van der Waals surface area contributed by atoms with E-state index in [0.29, 0.717) is 0 Å². The maximum atomic E-state index is 3.14. The molecule has 14 heavy (non-hydrogen) atoms. The molecule has 0 amide bonds. The van der Waals surface area contributed by atoms with Crippen LogP contribution in [0.25, 0.3) is 0 Å². The average Bonchev–Trinajstić information content (AvgIpc) is 2.42. The molecule has 0 aromatic carbocycles. The summed E-state index contributed by atoms with van der Waals surface area (Å²) in [6, 6.07) is 0. The average molecular weight is 198 g/mol. The molecule has 0 aliphatic rings. The van der Waals surface area contributed by atoms with E-state index in [4.69, 9.17) is 0 Å². The highest BCUT2D eigenvalue weighted by Gasteiger charge is 2.12. The zero-order chi connectivity index (χ0) is 10.8. The van der Waals surface area contributed by atoms with Crippen LogP contribution in [0.4, 0.5) is 5.69 Å². The highest BCUT2D eigenvalue weighted by molar-refractivity contribution is 5.34. The summed E-state index contributed by atoms with van der Waals surface area (Å²) in [4.78, 5) is 0. The van der Waals surface area contributed by atoms with Crippen molar-refractivity contribution < 1.29 is 9.16 Å². The predicted octanol–water partition coefficient (Wildman–Crippen LogP) is 0.0605. The van der Waals surface area contributed by atoms with E-state index in [9.17, 15) is 0 Å². The third kappa shape index (κ3) is 3.03. The maximum absolute atomic E-state index is 3.14. The minimum atomic E-state index is 0.993. The summed E-state index contributed by atoms with van der Waals surface area (Å²) in [7, 11) is 10.6. The fourth-order valence-corrected chi connectivity index (χ4v) is 1.31. The van der Waals surface area contributed by atoms with Gasteiger partial charge in [0.1, 0.15) is 18.8 Å². The largest absolute Gasteiger partial charge is 0.382 e. The molecule has 0 unspecified atom stereocenters. The predicted molar refractivity (Wildman–Crippen MR) is 58.1 cm³/mol. The Labute approximate surface area is 86.3 Å². The van der Waals surface area contributed by atoms with Crippen molar-refractivity contribution in [3.05, 3.63) is 12.4 Å². The van der Waals surface area contributed by atoms with Crippen LogP contribution in [0.15, 0.2) is 12.4 Å². The van der Waals surface area contributed by atoms with Crippen LogP contribution in [0.1, 0.15) is 0 Å². The molecule has 0 atom stereocenters. The van der Waals surface area contributed by atoms with Crippen molar-refractivity contribution in [3.8, 4) is 0 Å². The first-order valence-electron chi connectivity index (χ1n) is 4.97. The fraction of sp³-hybridized carbons (Fsp3) is 0.700. The van der Waals surface area contributed by atoms with Crippen LogP contribution in [0.5, 0.6) is 0 Å². The van der Waals surface area contributed by atoms with Gasteiger partial charge in [-0.3, -0.25) is 0 Å². The van der Waals surface area contributed by atoms with Crippen molar-refractivity contribution in [1.82, 2.24) is 4.68 Å². The standard InChI is InChI=1S/C10H22N4/c1-11-10-8-12(2)13(9-10)6-7-14(3,4)5/h8-9,11H,6-7H2,1-5H3/q+2. The van der Waals surface area contributed by atoms with E-state index in [1.165, 1.54) is 0 Å². The van der Waals surface area contributed by atoms with Gasteiger partial charge in [-0.25, -0.2) is 0 Å². The van der Waals surface area contributed by atoms with E-state index in [1.807, 2.05) is 7.05 Å². The SMILES string of the molecule is CNc1cn(CC[N+](C)(C)C)[n+](C)c1. The van der Waals surface area contributed by atoms with Crippen molar-refractivity contribution in [3.63, 3.8) is 0 Å². The molecule has 4 nitrogen and oxygen atoms in total. The Morgan fingerprint density at radius 1 is 1.43 bits per heavy atom. The molecule has 0 aliphatic heterocycles. The Balaban J connectivity index is 2.63. The van der Waals surface area contributed by atoms with E-state index < -0.39 is 0 Å². The number of nitrogens with one attached hydrogen (secondary N) is 1. The second kappa shape index (κ2) is 4.00. The Bertz CT molecular complexity index is 296. The molecule has 0 radical (unpaired) electrons. The molecule has 1 aromatic heterocycles. The molecule has 0 spiro atoms. The third-order valence-corrected chi connectivity index (χ3v) is 2.31. The van der Waals surface area contributed by atoms with Gasteiger partial charge in [-0.1, -0.05) is 0 Å². The number of quaternary nitrogens is 1. The third-order valence-electron chi connectivity index (χ3n) is 2.31. The second-order valence-electron chi connectivity index (χ2n) is 4.71. The molecule has 0 bridgehead atoms. The maximum Gasteiger partial charge on any atom is 0.218 e. The van der Waals surface area contributed by atoms with E-state index in [2.05, 4.69) is 55.3 Å². The van der Waals surface area contributed by atoms with Gasteiger partial charge < -0.3 is 9.80 Å². The summed E-state index contributed by atoms with van der Waals surface area (Å²) in [5.41, 5.74) is 1.16. The number of hydrogen-bond acceptors (Lipinski definition) is 1. The number of hydrogen-bond donors (Lipinski definition) is 1. The molecular weight excluding hydrogens is 176 g/mol. The van der Waals surface area contributed by atoms with Crippen LogP contribution >= 0.6 is 0 Å². The molecule has 0 fully saturated rings. The molecule has 4 heteroatoms. The fourth-order valence-electron chi connectivity index (χ4n) is 1.31. The summed E-state index contributed by atoms with van der Waals surface area (Å²) < 4.78 is 5.32. The van der Waals surface area contributed by atoms with Gasteiger partial charge in [-0.15, -0.1) is 4.68 Å². The normalized spacial score (nSPS) is 11.8. The number of nitrogens with zero attached hydrogens (tertiary/aromatic N) is 3. The van der Waals surface area contributed by atoms with Crippen LogP contribution in [-0.4, -0.2) is 43.9 Å². The van der Waals surface area contributed by atoms with Crippen molar-refractivity contribution in [1.29, 1.82) is 0 Å². The summed E-state index contributed by atoms with van der Waals surface area (Å²) >= 11 is 0. The Morgan fingerprint density at radius 3 is 2.50 bits per heavy atom. The van der Waals surface area contributed by atoms with Crippen molar-refractivity contribution in [2.24, 2.45) is 7.05 Å². The lowest BCUT2D eigenvalue weighted by Crippen LogP contribution is -2.43. The monoisotopic (exact) mass is 198 g/mol. The minimum Gasteiger partial charge on any atom is -0.382 e. The van der Waals surface area contributed by atoms with E-state index in [0.717, 1.165) is 23.3 Å². The lowest BCUT2D eigenvalue weighted by atomic mass is 10.5. The summed E-state index contributed by atoms with van der Waals surface area (Å²) in [5.74, 6) is 0. The highest BCUT2D eigenvalue weighted by Crippen LogP contribution is 2.01. The molecule has 80 valence electrons. The van der Waals surface area contributed by atoms with Crippen molar-refractivity contribution in [2.75, 3.05) is 40.1 Å². The Kier molecular flexibility index (Phi) is 3.16. The van der Waals surface area contributed by atoms with E-state index >= 15 is 0 Å². The number of aromatic nitrogens is 2. The summed E-state index contributed by atoms with van der Waals surface area (Å²) in [5, 5.41) is 3.14. The van der Waals surface area contributed by atoms with Crippen LogP contribution in [-0.2, 0) is 13.6 Å². The van der Waals surface area contributed by atoms with Gasteiger partial charge >= 0.3 is 0 Å². The molecule has 0 saturated heterocycles. The van der Waals surface area contributed by atoms with Crippen LogP contribution in [0, 0.1) is 0 Å². The molecule has 1 rings (SSSR count). The van der Waals surface area contributed by atoms with Crippen LogP contribution in [0.2, 0.25) is 0 Å². The topological polar surface area (TPSA) is 20.8 Å². The van der Waals surface area contributed by atoms with Crippen molar-refractivity contribution in [2.45, 2.75) is 6.54 Å². The lowest BCUT2D eigenvalue weighted by Gasteiger charge is -2.23. The van der Waals surface area contributed by atoms with Gasteiger partial charge in [0.2, 0.25) is 6.20 Å². The first-order chi connectivity index (χ1) is 6.42. The molecule has 1 aromatic rings. The zero-order valence-electron chi connectivity index (χ0n) is 9.91. The van der Waals surface area contributed by atoms with Crippen LogP contribution in [0.3, 0.4) is 0 Å². The summed E-state index contributed by atoms with van der Waals surface area (Å²) in [6.07, 6.45) is 4.23. The second-order valence-corrected chi connectivity index (χ2v) is 4.71. The number of rotatable bonds is 4. The molecule has 1 N–H and O–H groups in total. The first kappa shape index (κ1) is 11.0. The number of aryl methyl sites for hydroxylation is 1. The van der Waals surface area contributed by atoms with Crippen LogP contribution < -0.4 is 10.00 Å². The molecule has 1 heterocycles. The summed E-state index contributed by atoms with van der Waals surface area (Å²) in [6.45, 7) is 2.17. The zero-order valence-corrected chi connectivity index (χ0v) is 9.91. The first-order valence-corrected chi connectivity index (χ1v) is 4.97. The molecule has 0 saturated carbocycles. The van der Waals surface area contributed by atoms with Gasteiger partial charge in [0.15, 0.2) is 7.05 Å². The quantitative estimate of drug-likeness (QED) is 0.536. The van der Waals surface area contributed by atoms with E-state index in [-0.39, 0.29) is 0 Å². The molecule has 0 aliphatic carbocycles. The van der Waals surface area contributed by atoms with Gasteiger partial charge in [0.05, 0.1) is 27.3 Å². The van der Waals surface area contributed by atoms with Gasteiger partial charge in [-0.2, -0.15) is 4.68 Å². The van der Waals surface area contributed by atoms with Gasteiger partial charge in [-0.05, 0) is 0 Å². The van der Waals surface area contributed by atoms with Gasteiger partial charge in [0, 0.05) is 7.05 Å². The van der Waals surface area contributed by atoms with E-state index in [1.54, 1.807) is 0 Å². The number of anilines is 1. The van der Waals surface area contributed by atoms with Crippen molar-refractivity contribution >= 4 is 5.69 Å². The minimum absolute atomic E-state index is 0.993.